The third kappa shape index (κ3) is 3.91. The minimum atomic E-state index is 0.0986. The molecule has 19 heavy (non-hydrogen) atoms. The van der Waals surface area contributed by atoms with Crippen molar-refractivity contribution in [2.24, 2.45) is 0 Å². The summed E-state index contributed by atoms with van der Waals surface area (Å²) in [6.07, 6.45) is 0. The fourth-order valence-electron chi connectivity index (χ4n) is 2.40. The molecule has 0 spiro atoms. The van der Waals surface area contributed by atoms with Gasteiger partial charge in [0.2, 0.25) is 0 Å². The Morgan fingerprint density at radius 2 is 1.53 bits per heavy atom. The van der Waals surface area contributed by atoms with E-state index in [1.807, 2.05) is 18.2 Å². The van der Waals surface area contributed by atoms with E-state index in [1.165, 1.54) is 16.7 Å². The molecule has 0 fully saturated rings. The molecule has 2 aromatic rings. The van der Waals surface area contributed by atoms with Crippen molar-refractivity contribution in [3.05, 3.63) is 70.3 Å². The number of hydrogen-bond donors (Lipinski definition) is 2. The van der Waals surface area contributed by atoms with Crippen LogP contribution in [0.4, 0.5) is 0 Å². The average molecular weight is 255 g/mol. The summed E-state index contributed by atoms with van der Waals surface area (Å²) >= 11 is 0. The summed E-state index contributed by atoms with van der Waals surface area (Å²) in [4.78, 5) is 0. The highest BCUT2D eigenvalue weighted by molar-refractivity contribution is 5.29. The first-order valence-corrected chi connectivity index (χ1v) is 6.64. The number of rotatable bonds is 5. The van der Waals surface area contributed by atoms with Crippen molar-refractivity contribution in [2.45, 2.75) is 33.5 Å². The number of hydrogen-bond acceptors (Lipinski definition) is 2. The van der Waals surface area contributed by atoms with E-state index in [4.69, 9.17) is 0 Å². The Morgan fingerprint density at radius 3 is 2.16 bits per heavy atom. The van der Waals surface area contributed by atoms with Crippen molar-refractivity contribution >= 4 is 0 Å². The van der Waals surface area contributed by atoms with Gasteiger partial charge in [0.15, 0.2) is 0 Å². The van der Waals surface area contributed by atoms with Gasteiger partial charge in [-0.15, -0.1) is 0 Å². The van der Waals surface area contributed by atoms with Crippen LogP contribution in [0.2, 0.25) is 0 Å². The summed E-state index contributed by atoms with van der Waals surface area (Å²) in [7, 11) is 0. The molecule has 0 bridgehead atoms. The summed E-state index contributed by atoms with van der Waals surface area (Å²) < 4.78 is 0. The van der Waals surface area contributed by atoms with Crippen molar-refractivity contribution in [2.75, 3.05) is 0 Å². The van der Waals surface area contributed by atoms with Gasteiger partial charge in [-0.05, 0) is 30.5 Å². The zero-order chi connectivity index (χ0) is 13.7. The second-order valence-electron chi connectivity index (χ2n) is 5.03. The van der Waals surface area contributed by atoms with Gasteiger partial charge in [0.1, 0.15) is 0 Å². The minimum absolute atomic E-state index is 0.0986. The van der Waals surface area contributed by atoms with Crippen LogP contribution < -0.4 is 5.32 Å². The molecule has 0 radical (unpaired) electrons. The molecule has 0 aromatic heterocycles. The molecule has 0 unspecified atom stereocenters. The summed E-state index contributed by atoms with van der Waals surface area (Å²) in [5.74, 6) is 0. The largest absolute Gasteiger partial charge is 0.392 e. The van der Waals surface area contributed by atoms with Gasteiger partial charge in [-0.3, -0.25) is 0 Å². The Hall–Kier alpha value is -1.64. The predicted octanol–water partition coefficient (Wildman–Crippen LogP) is 3.09. The Bertz CT molecular complexity index is 528. The van der Waals surface area contributed by atoms with E-state index >= 15 is 0 Å². The van der Waals surface area contributed by atoms with E-state index in [0.717, 1.165) is 24.2 Å². The maximum absolute atomic E-state index is 9.28. The molecule has 2 N–H and O–H groups in total. The van der Waals surface area contributed by atoms with Gasteiger partial charge >= 0.3 is 0 Å². The SMILES string of the molecule is Cc1cc(C)cc(CNCc2ccccc2CO)c1. The number of nitrogens with one attached hydrogen (secondary N) is 1. The van der Waals surface area contributed by atoms with E-state index in [0.29, 0.717) is 0 Å². The number of aliphatic hydroxyl groups excluding tert-OH is 1. The molecule has 0 heterocycles. The first kappa shape index (κ1) is 13.8. The van der Waals surface area contributed by atoms with Crippen molar-refractivity contribution in [3.63, 3.8) is 0 Å². The molecular formula is C17H21NO. The molecule has 100 valence electrons. The van der Waals surface area contributed by atoms with Crippen LogP contribution in [0.3, 0.4) is 0 Å². The first-order valence-electron chi connectivity index (χ1n) is 6.64. The molecular weight excluding hydrogens is 234 g/mol. The van der Waals surface area contributed by atoms with Crippen molar-refractivity contribution in [1.82, 2.24) is 5.32 Å². The lowest BCUT2D eigenvalue weighted by atomic mass is 10.1. The topological polar surface area (TPSA) is 32.3 Å². The average Bonchev–Trinajstić information content (AvgIpc) is 2.38. The Morgan fingerprint density at radius 1 is 0.895 bits per heavy atom. The van der Waals surface area contributed by atoms with Crippen molar-refractivity contribution in [3.8, 4) is 0 Å². The smallest absolute Gasteiger partial charge is 0.0685 e. The summed E-state index contributed by atoms with van der Waals surface area (Å²) in [6, 6.07) is 14.6. The van der Waals surface area contributed by atoms with Crippen LogP contribution in [0.15, 0.2) is 42.5 Å². The predicted molar refractivity (Wildman–Crippen MR) is 78.8 cm³/mol. The molecule has 2 heteroatoms. The van der Waals surface area contributed by atoms with Crippen LogP contribution >= 0.6 is 0 Å². The lowest BCUT2D eigenvalue weighted by molar-refractivity contribution is 0.280. The van der Waals surface area contributed by atoms with Gasteiger partial charge in [0, 0.05) is 13.1 Å². The van der Waals surface area contributed by atoms with E-state index < -0.39 is 0 Å². The summed E-state index contributed by atoms with van der Waals surface area (Å²) in [6.45, 7) is 5.97. The highest BCUT2D eigenvalue weighted by Gasteiger charge is 2.00. The highest BCUT2D eigenvalue weighted by atomic mass is 16.3. The van der Waals surface area contributed by atoms with Gasteiger partial charge in [0.05, 0.1) is 6.61 Å². The monoisotopic (exact) mass is 255 g/mol. The van der Waals surface area contributed by atoms with Crippen LogP contribution in [-0.4, -0.2) is 5.11 Å². The van der Waals surface area contributed by atoms with E-state index in [2.05, 4.69) is 43.4 Å². The van der Waals surface area contributed by atoms with Gasteiger partial charge < -0.3 is 10.4 Å². The lowest BCUT2D eigenvalue weighted by Crippen LogP contribution is -2.14. The van der Waals surface area contributed by atoms with Crippen molar-refractivity contribution in [1.29, 1.82) is 0 Å². The van der Waals surface area contributed by atoms with E-state index in [-0.39, 0.29) is 6.61 Å². The molecule has 0 saturated heterocycles. The second-order valence-corrected chi connectivity index (χ2v) is 5.03. The van der Waals surface area contributed by atoms with Crippen LogP contribution in [0.1, 0.15) is 27.8 Å². The van der Waals surface area contributed by atoms with E-state index in [1.54, 1.807) is 0 Å². The minimum Gasteiger partial charge on any atom is -0.392 e. The summed E-state index contributed by atoms with van der Waals surface area (Å²) in [5, 5.41) is 12.7. The van der Waals surface area contributed by atoms with Crippen LogP contribution in [-0.2, 0) is 19.7 Å². The fraction of sp³-hybridized carbons (Fsp3) is 0.294. The molecule has 0 amide bonds. The van der Waals surface area contributed by atoms with Crippen LogP contribution in [0.5, 0.6) is 0 Å². The molecule has 0 atom stereocenters. The maximum atomic E-state index is 9.28. The first-order chi connectivity index (χ1) is 9.19. The molecule has 2 aromatic carbocycles. The van der Waals surface area contributed by atoms with Gasteiger partial charge in [-0.1, -0.05) is 53.6 Å². The zero-order valence-electron chi connectivity index (χ0n) is 11.6. The number of aryl methyl sites for hydroxylation is 2. The molecule has 0 aliphatic carbocycles. The number of benzene rings is 2. The quantitative estimate of drug-likeness (QED) is 0.860. The normalized spacial score (nSPS) is 10.7. The van der Waals surface area contributed by atoms with Crippen LogP contribution in [0.25, 0.3) is 0 Å². The molecule has 0 saturated carbocycles. The zero-order valence-corrected chi connectivity index (χ0v) is 11.6. The van der Waals surface area contributed by atoms with Gasteiger partial charge in [-0.25, -0.2) is 0 Å². The van der Waals surface area contributed by atoms with Crippen LogP contribution in [0, 0.1) is 13.8 Å². The maximum Gasteiger partial charge on any atom is 0.0685 e. The Labute approximate surface area is 115 Å². The van der Waals surface area contributed by atoms with Gasteiger partial charge in [-0.2, -0.15) is 0 Å². The Kier molecular flexibility index (Phi) is 4.72. The summed E-state index contributed by atoms with van der Waals surface area (Å²) in [5.41, 5.74) is 6.06. The standard InChI is InChI=1S/C17H21NO/c1-13-7-14(2)9-15(8-13)10-18-11-16-5-3-4-6-17(16)12-19/h3-9,18-19H,10-12H2,1-2H3. The lowest BCUT2D eigenvalue weighted by Gasteiger charge is -2.10. The second kappa shape index (κ2) is 6.50. The Balaban J connectivity index is 1.96. The molecule has 0 aliphatic heterocycles. The van der Waals surface area contributed by atoms with Gasteiger partial charge in [0.25, 0.3) is 0 Å². The highest BCUT2D eigenvalue weighted by Crippen LogP contribution is 2.11. The van der Waals surface area contributed by atoms with E-state index in [9.17, 15) is 5.11 Å². The fourth-order valence-corrected chi connectivity index (χ4v) is 2.40. The molecule has 0 aliphatic rings. The molecule has 2 rings (SSSR count). The number of aliphatic hydroxyl groups is 1. The third-order valence-electron chi connectivity index (χ3n) is 3.21. The molecule has 2 nitrogen and oxygen atoms in total. The van der Waals surface area contributed by atoms with Crippen molar-refractivity contribution < 1.29 is 5.11 Å². The third-order valence-corrected chi connectivity index (χ3v) is 3.21.